The van der Waals surface area contributed by atoms with Crippen molar-refractivity contribution in [3.8, 4) is 5.69 Å². The van der Waals surface area contributed by atoms with E-state index in [1.807, 2.05) is 0 Å². The molecule has 0 aliphatic heterocycles. The number of amides is 2. The van der Waals surface area contributed by atoms with E-state index in [0.29, 0.717) is 24.5 Å². The summed E-state index contributed by atoms with van der Waals surface area (Å²) in [5, 5.41) is 5.28. The molecule has 2 amide bonds. The summed E-state index contributed by atoms with van der Waals surface area (Å²) in [4.78, 5) is 35.6. The first-order valence-electron chi connectivity index (χ1n) is 7.39. The number of ether oxygens (including phenoxy) is 1. The summed E-state index contributed by atoms with van der Waals surface area (Å²) >= 11 is 0. The van der Waals surface area contributed by atoms with Crippen molar-refractivity contribution >= 4 is 17.5 Å². The maximum atomic E-state index is 12.5. The van der Waals surface area contributed by atoms with Gasteiger partial charge >= 0.3 is 0 Å². The summed E-state index contributed by atoms with van der Waals surface area (Å²) in [6.07, 6.45) is 1.58. The van der Waals surface area contributed by atoms with Crippen LogP contribution >= 0.6 is 0 Å². The van der Waals surface area contributed by atoms with Gasteiger partial charge in [0.25, 0.3) is 11.5 Å². The summed E-state index contributed by atoms with van der Waals surface area (Å²) in [6, 6.07) is 9.88. The molecule has 126 valence electrons. The second-order valence-corrected chi connectivity index (χ2v) is 5.07. The van der Waals surface area contributed by atoms with Gasteiger partial charge in [-0.05, 0) is 36.4 Å². The summed E-state index contributed by atoms with van der Waals surface area (Å²) in [5.74, 6) is -0.615. The number of hydrogen-bond acceptors (Lipinski definition) is 4. The van der Waals surface area contributed by atoms with Crippen LogP contribution in [0.4, 0.5) is 5.69 Å². The smallest absolute Gasteiger partial charge is 0.267 e. The Balaban J connectivity index is 2.25. The molecule has 0 fully saturated rings. The van der Waals surface area contributed by atoms with Crippen molar-refractivity contribution in [3.63, 3.8) is 0 Å². The molecule has 0 aliphatic carbocycles. The standard InChI is InChI=1S/C17H19N3O4/c1-12(21)19-13-5-7-14(8-6-13)20-10-3-4-15(17(20)23)16(22)18-9-11-24-2/h3-8,10H,9,11H2,1-2H3,(H,18,22)(H,19,21). The third kappa shape index (κ3) is 4.30. The Morgan fingerprint density at radius 3 is 2.50 bits per heavy atom. The van der Waals surface area contributed by atoms with Gasteiger partial charge in [0.15, 0.2) is 0 Å². The summed E-state index contributed by atoms with van der Waals surface area (Å²) < 4.78 is 6.24. The highest BCUT2D eigenvalue weighted by molar-refractivity contribution is 5.93. The van der Waals surface area contributed by atoms with Crippen LogP contribution in [0.1, 0.15) is 17.3 Å². The Kier molecular flexibility index (Phi) is 5.86. The molecule has 7 heteroatoms. The highest BCUT2D eigenvalue weighted by Crippen LogP contribution is 2.12. The van der Waals surface area contributed by atoms with Crippen molar-refractivity contribution in [3.05, 3.63) is 58.5 Å². The minimum atomic E-state index is -0.443. The molecule has 0 unspecified atom stereocenters. The summed E-state index contributed by atoms with van der Waals surface area (Å²) in [5.41, 5.74) is 0.868. The largest absolute Gasteiger partial charge is 0.383 e. The number of rotatable bonds is 6. The van der Waals surface area contributed by atoms with E-state index in [1.54, 1.807) is 36.5 Å². The van der Waals surface area contributed by atoms with Crippen LogP contribution in [0.15, 0.2) is 47.4 Å². The van der Waals surface area contributed by atoms with Crippen LogP contribution in [0.3, 0.4) is 0 Å². The van der Waals surface area contributed by atoms with Crippen molar-refractivity contribution in [2.24, 2.45) is 0 Å². The lowest BCUT2D eigenvalue weighted by Gasteiger charge is -2.09. The Hall–Kier alpha value is -2.93. The van der Waals surface area contributed by atoms with Gasteiger partial charge in [0, 0.05) is 38.1 Å². The normalized spacial score (nSPS) is 10.2. The molecular formula is C17H19N3O4. The maximum absolute atomic E-state index is 12.5. The SMILES string of the molecule is COCCNC(=O)c1cccn(-c2ccc(NC(C)=O)cc2)c1=O. The number of anilines is 1. The maximum Gasteiger partial charge on any atom is 0.267 e. The first-order valence-corrected chi connectivity index (χ1v) is 7.39. The first-order chi connectivity index (χ1) is 11.5. The summed E-state index contributed by atoms with van der Waals surface area (Å²) in [7, 11) is 1.53. The van der Waals surface area contributed by atoms with E-state index < -0.39 is 11.5 Å². The monoisotopic (exact) mass is 329 g/mol. The van der Waals surface area contributed by atoms with Gasteiger partial charge in [-0.15, -0.1) is 0 Å². The Bertz CT molecular complexity index is 781. The van der Waals surface area contributed by atoms with Crippen LogP contribution in [0, 0.1) is 0 Å². The van der Waals surface area contributed by atoms with E-state index in [0.717, 1.165) is 0 Å². The minimum Gasteiger partial charge on any atom is -0.383 e. The molecule has 1 aromatic heterocycles. The van der Waals surface area contributed by atoms with Gasteiger partial charge < -0.3 is 15.4 Å². The average molecular weight is 329 g/mol. The third-order valence-corrected chi connectivity index (χ3v) is 3.25. The van der Waals surface area contributed by atoms with Crippen LogP contribution < -0.4 is 16.2 Å². The average Bonchev–Trinajstić information content (AvgIpc) is 2.55. The minimum absolute atomic E-state index is 0.0551. The predicted molar refractivity (Wildman–Crippen MR) is 90.6 cm³/mol. The van der Waals surface area contributed by atoms with Crippen LogP contribution in [0.25, 0.3) is 5.69 Å². The molecule has 1 aromatic carbocycles. The second kappa shape index (κ2) is 8.07. The second-order valence-electron chi connectivity index (χ2n) is 5.07. The van der Waals surface area contributed by atoms with Crippen molar-refractivity contribution in [1.82, 2.24) is 9.88 Å². The molecule has 0 radical (unpaired) electrons. The Labute approximate surface area is 139 Å². The van der Waals surface area contributed by atoms with Crippen molar-refractivity contribution < 1.29 is 14.3 Å². The lowest BCUT2D eigenvalue weighted by molar-refractivity contribution is -0.114. The Morgan fingerprint density at radius 2 is 1.88 bits per heavy atom. The number of methoxy groups -OCH3 is 1. The van der Waals surface area contributed by atoms with Gasteiger partial charge in [0.1, 0.15) is 5.56 Å². The van der Waals surface area contributed by atoms with Crippen molar-refractivity contribution in [2.75, 3.05) is 25.6 Å². The molecule has 2 aromatic rings. The number of carbonyl (C=O) groups is 2. The molecule has 0 atom stereocenters. The quantitative estimate of drug-likeness (QED) is 0.779. The number of aromatic nitrogens is 1. The number of pyridine rings is 1. The molecule has 0 bridgehead atoms. The molecule has 0 spiro atoms. The topological polar surface area (TPSA) is 89.4 Å². The zero-order valence-corrected chi connectivity index (χ0v) is 13.5. The first kappa shape index (κ1) is 17.4. The van der Waals surface area contributed by atoms with E-state index in [2.05, 4.69) is 10.6 Å². The van der Waals surface area contributed by atoms with Gasteiger partial charge in [-0.25, -0.2) is 0 Å². The van der Waals surface area contributed by atoms with Gasteiger partial charge in [-0.1, -0.05) is 0 Å². The van der Waals surface area contributed by atoms with E-state index in [-0.39, 0.29) is 11.5 Å². The highest BCUT2D eigenvalue weighted by atomic mass is 16.5. The van der Waals surface area contributed by atoms with Crippen LogP contribution in [0.2, 0.25) is 0 Å². The zero-order chi connectivity index (χ0) is 17.5. The van der Waals surface area contributed by atoms with E-state index >= 15 is 0 Å². The van der Waals surface area contributed by atoms with E-state index in [9.17, 15) is 14.4 Å². The van der Waals surface area contributed by atoms with Crippen LogP contribution in [-0.4, -0.2) is 36.6 Å². The molecule has 0 saturated heterocycles. The highest BCUT2D eigenvalue weighted by Gasteiger charge is 2.12. The Morgan fingerprint density at radius 1 is 1.17 bits per heavy atom. The van der Waals surface area contributed by atoms with E-state index in [1.165, 1.54) is 24.7 Å². The van der Waals surface area contributed by atoms with Gasteiger partial charge in [0.2, 0.25) is 5.91 Å². The van der Waals surface area contributed by atoms with E-state index in [4.69, 9.17) is 4.74 Å². The van der Waals surface area contributed by atoms with Gasteiger partial charge in [-0.2, -0.15) is 0 Å². The molecule has 1 heterocycles. The van der Waals surface area contributed by atoms with Crippen molar-refractivity contribution in [2.45, 2.75) is 6.92 Å². The number of carbonyl (C=O) groups excluding carboxylic acids is 2. The zero-order valence-electron chi connectivity index (χ0n) is 13.5. The number of benzene rings is 1. The molecule has 0 saturated carbocycles. The van der Waals surface area contributed by atoms with Crippen molar-refractivity contribution in [1.29, 1.82) is 0 Å². The lowest BCUT2D eigenvalue weighted by atomic mass is 10.2. The van der Waals surface area contributed by atoms with Gasteiger partial charge in [-0.3, -0.25) is 19.0 Å². The molecular weight excluding hydrogens is 310 g/mol. The lowest BCUT2D eigenvalue weighted by Crippen LogP contribution is -2.33. The van der Waals surface area contributed by atoms with Crippen LogP contribution in [-0.2, 0) is 9.53 Å². The third-order valence-electron chi connectivity index (χ3n) is 3.25. The molecule has 2 rings (SSSR count). The van der Waals surface area contributed by atoms with Crippen LogP contribution in [0.5, 0.6) is 0 Å². The fraction of sp³-hybridized carbons (Fsp3) is 0.235. The summed E-state index contributed by atoms with van der Waals surface area (Å²) in [6.45, 7) is 2.12. The molecule has 2 N–H and O–H groups in total. The molecule has 7 nitrogen and oxygen atoms in total. The molecule has 0 aliphatic rings. The number of nitrogens with zero attached hydrogens (tertiary/aromatic N) is 1. The fourth-order valence-corrected chi connectivity index (χ4v) is 2.14. The fourth-order valence-electron chi connectivity index (χ4n) is 2.14. The number of nitrogens with one attached hydrogen (secondary N) is 2. The number of hydrogen-bond donors (Lipinski definition) is 2. The van der Waals surface area contributed by atoms with Gasteiger partial charge in [0.05, 0.1) is 6.61 Å². The molecule has 24 heavy (non-hydrogen) atoms. The predicted octanol–water partition coefficient (Wildman–Crippen LogP) is 1.17.